The minimum Gasteiger partial charge on any atom is -0.508 e. The van der Waals surface area contributed by atoms with Crippen LogP contribution in [0.5, 0.6) is 0 Å². The molecule has 0 bridgehead atoms. The van der Waals surface area contributed by atoms with Gasteiger partial charge in [-0.2, -0.15) is 0 Å². The van der Waals surface area contributed by atoms with Gasteiger partial charge in [0, 0.05) is 0 Å². The molecule has 12 heavy (non-hydrogen) atoms. The first-order chi connectivity index (χ1) is 5.45. The van der Waals surface area contributed by atoms with Gasteiger partial charge in [-0.3, -0.25) is 0 Å². The molecule has 0 fully saturated rings. The largest absolute Gasteiger partial charge is 0.508 e. The van der Waals surface area contributed by atoms with E-state index in [0.29, 0.717) is 0 Å². The first kappa shape index (κ1) is 11.0. The van der Waals surface area contributed by atoms with Crippen molar-refractivity contribution >= 4 is 0 Å². The maximum atomic E-state index is 9.30. The minimum absolute atomic E-state index is 0.0278. The van der Waals surface area contributed by atoms with Crippen molar-refractivity contribution in [3.63, 3.8) is 0 Å². The van der Waals surface area contributed by atoms with Crippen molar-refractivity contribution in [2.45, 2.75) is 27.2 Å². The topological polar surface area (TPSA) is 20.2 Å². The van der Waals surface area contributed by atoms with E-state index in [2.05, 4.69) is 33.9 Å². The third kappa shape index (κ3) is 2.57. The molecule has 0 saturated heterocycles. The molecule has 0 heterocycles. The van der Waals surface area contributed by atoms with E-state index in [1.54, 1.807) is 6.08 Å². The summed E-state index contributed by atoms with van der Waals surface area (Å²) in [6.07, 6.45) is 4.45. The maximum Gasteiger partial charge on any atom is 0.112 e. The molecule has 0 aliphatic heterocycles. The van der Waals surface area contributed by atoms with E-state index in [9.17, 15) is 5.11 Å². The molecule has 0 aromatic heterocycles. The highest BCUT2D eigenvalue weighted by Gasteiger charge is 2.22. The molecular weight excluding hydrogens is 148 g/mol. The van der Waals surface area contributed by atoms with Crippen LogP contribution < -0.4 is 0 Å². The van der Waals surface area contributed by atoms with Crippen molar-refractivity contribution in [1.82, 2.24) is 0 Å². The smallest absolute Gasteiger partial charge is 0.112 e. The molecule has 68 valence electrons. The predicted octanol–water partition coefficient (Wildman–Crippen LogP) is 3.61. The van der Waals surface area contributed by atoms with Crippen LogP contribution in [0.15, 0.2) is 36.6 Å². The summed E-state index contributed by atoms with van der Waals surface area (Å²) >= 11 is 0. The number of allylic oxidation sites excluding steroid dienone is 3. The van der Waals surface area contributed by atoms with Crippen LogP contribution >= 0.6 is 0 Å². The van der Waals surface area contributed by atoms with Crippen LogP contribution in [0.1, 0.15) is 27.2 Å². The van der Waals surface area contributed by atoms with Gasteiger partial charge in [-0.25, -0.2) is 0 Å². The summed E-state index contributed by atoms with van der Waals surface area (Å²) in [5, 5.41) is 9.30. The zero-order chi connectivity index (χ0) is 9.78. The van der Waals surface area contributed by atoms with E-state index in [-0.39, 0.29) is 11.2 Å². The van der Waals surface area contributed by atoms with Crippen LogP contribution in [-0.4, -0.2) is 5.11 Å². The van der Waals surface area contributed by atoms with Gasteiger partial charge in [0.25, 0.3) is 0 Å². The lowest BCUT2D eigenvalue weighted by Gasteiger charge is -2.25. The molecule has 0 spiro atoms. The summed E-state index contributed by atoms with van der Waals surface area (Å²) in [6, 6.07) is 0. The second-order valence-corrected chi connectivity index (χ2v) is 3.50. The van der Waals surface area contributed by atoms with E-state index >= 15 is 0 Å². The molecule has 0 aliphatic rings. The first-order valence-electron chi connectivity index (χ1n) is 4.17. The fourth-order valence-corrected chi connectivity index (χ4v) is 1.02. The number of aliphatic hydroxyl groups is 1. The van der Waals surface area contributed by atoms with Gasteiger partial charge >= 0.3 is 0 Å². The number of aliphatic hydroxyl groups excluding tert-OH is 1. The highest BCUT2D eigenvalue weighted by atomic mass is 16.3. The lowest BCUT2D eigenvalue weighted by molar-refractivity contribution is 0.357. The Morgan fingerprint density at radius 3 is 2.25 bits per heavy atom. The van der Waals surface area contributed by atoms with Crippen LogP contribution in [0.25, 0.3) is 0 Å². The van der Waals surface area contributed by atoms with Gasteiger partial charge in [-0.1, -0.05) is 46.1 Å². The highest BCUT2D eigenvalue weighted by molar-refractivity contribution is 5.31. The van der Waals surface area contributed by atoms with Gasteiger partial charge in [0.05, 0.1) is 0 Å². The lowest BCUT2D eigenvalue weighted by atomic mass is 9.80. The molecule has 1 N–H and O–H groups in total. The van der Waals surface area contributed by atoms with E-state index in [1.165, 1.54) is 0 Å². The number of hydrogen-bond acceptors (Lipinski definition) is 1. The van der Waals surface area contributed by atoms with Crippen molar-refractivity contribution in [2.75, 3.05) is 0 Å². The van der Waals surface area contributed by atoms with Gasteiger partial charge in [0.2, 0.25) is 0 Å². The summed E-state index contributed by atoms with van der Waals surface area (Å²) < 4.78 is 0. The van der Waals surface area contributed by atoms with E-state index < -0.39 is 0 Å². The SMILES string of the molecule is C=C/C=C(\C(=C)O)C(C)(C)CC. The molecule has 0 aromatic carbocycles. The van der Waals surface area contributed by atoms with Crippen molar-refractivity contribution in [3.05, 3.63) is 36.6 Å². The Bertz CT molecular complexity index is 209. The fourth-order valence-electron chi connectivity index (χ4n) is 1.02. The molecule has 0 radical (unpaired) electrons. The zero-order valence-electron chi connectivity index (χ0n) is 8.22. The Morgan fingerprint density at radius 2 is 2.00 bits per heavy atom. The molecule has 0 aromatic rings. The lowest BCUT2D eigenvalue weighted by Crippen LogP contribution is -2.14. The molecular formula is C11H18O. The van der Waals surface area contributed by atoms with Crippen molar-refractivity contribution in [2.24, 2.45) is 5.41 Å². The molecule has 1 nitrogen and oxygen atoms in total. The van der Waals surface area contributed by atoms with Gasteiger partial charge in [-0.15, -0.1) is 0 Å². The Balaban J connectivity index is 4.87. The standard InChI is InChI=1S/C11H18O/c1-6-8-10(9(3)12)11(4,5)7-2/h6,8,12H,1,3,7H2,2,4-5H3/b10-8+. The molecule has 0 rings (SSSR count). The van der Waals surface area contributed by atoms with Crippen LogP contribution in [0.4, 0.5) is 0 Å². The maximum absolute atomic E-state index is 9.30. The summed E-state index contributed by atoms with van der Waals surface area (Å²) in [7, 11) is 0. The highest BCUT2D eigenvalue weighted by Crippen LogP contribution is 2.33. The molecule has 0 unspecified atom stereocenters. The predicted molar refractivity (Wildman–Crippen MR) is 54.1 cm³/mol. The average Bonchev–Trinajstić information content (AvgIpc) is 1.99. The Morgan fingerprint density at radius 1 is 1.50 bits per heavy atom. The van der Waals surface area contributed by atoms with Crippen molar-refractivity contribution in [3.8, 4) is 0 Å². The van der Waals surface area contributed by atoms with E-state index in [0.717, 1.165) is 12.0 Å². The van der Waals surface area contributed by atoms with Crippen LogP contribution in [0.3, 0.4) is 0 Å². The van der Waals surface area contributed by atoms with Gasteiger partial charge in [0.15, 0.2) is 0 Å². The number of hydrogen-bond donors (Lipinski definition) is 1. The summed E-state index contributed by atoms with van der Waals surface area (Å²) in [4.78, 5) is 0. The zero-order valence-corrected chi connectivity index (χ0v) is 8.22. The van der Waals surface area contributed by atoms with E-state index in [1.807, 2.05) is 6.08 Å². The fraction of sp³-hybridized carbons (Fsp3) is 0.455. The second kappa shape index (κ2) is 4.15. The van der Waals surface area contributed by atoms with Crippen LogP contribution in [0, 0.1) is 5.41 Å². The average molecular weight is 166 g/mol. The van der Waals surface area contributed by atoms with Gasteiger partial charge in [-0.05, 0) is 17.4 Å². The summed E-state index contributed by atoms with van der Waals surface area (Å²) in [6.45, 7) is 13.4. The van der Waals surface area contributed by atoms with E-state index in [4.69, 9.17) is 0 Å². The third-order valence-electron chi connectivity index (χ3n) is 2.21. The van der Waals surface area contributed by atoms with Gasteiger partial charge in [0.1, 0.15) is 5.76 Å². The molecule has 0 aliphatic carbocycles. The Hall–Kier alpha value is -0.980. The summed E-state index contributed by atoms with van der Waals surface area (Å²) in [5.41, 5.74) is 0.833. The second-order valence-electron chi connectivity index (χ2n) is 3.50. The van der Waals surface area contributed by atoms with Crippen LogP contribution in [0.2, 0.25) is 0 Å². The van der Waals surface area contributed by atoms with Crippen molar-refractivity contribution in [1.29, 1.82) is 0 Å². The number of rotatable bonds is 4. The molecule has 0 atom stereocenters. The van der Waals surface area contributed by atoms with Gasteiger partial charge < -0.3 is 5.11 Å². The third-order valence-corrected chi connectivity index (χ3v) is 2.21. The normalized spacial score (nSPS) is 12.8. The summed E-state index contributed by atoms with van der Waals surface area (Å²) in [5.74, 6) is 0.141. The quantitative estimate of drug-likeness (QED) is 0.499. The molecule has 0 saturated carbocycles. The first-order valence-corrected chi connectivity index (χ1v) is 4.17. The molecule has 0 amide bonds. The monoisotopic (exact) mass is 166 g/mol. The Kier molecular flexibility index (Phi) is 3.81. The Labute approximate surface area is 75.1 Å². The minimum atomic E-state index is -0.0278. The molecule has 1 heteroatoms. The van der Waals surface area contributed by atoms with Crippen LogP contribution in [-0.2, 0) is 0 Å². The van der Waals surface area contributed by atoms with Crippen molar-refractivity contribution < 1.29 is 5.11 Å².